The molecular weight excluding hydrogens is 258 g/mol. The van der Waals surface area contributed by atoms with E-state index in [0.717, 1.165) is 12.5 Å². The van der Waals surface area contributed by atoms with Crippen LogP contribution in [0.25, 0.3) is 0 Å². The van der Waals surface area contributed by atoms with Gasteiger partial charge < -0.3 is 10.1 Å². The third kappa shape index (κ3) is 2.53. The predicted octanol–water partition coefficient (Wildman–Crippen LogP) is 4.17. The molecule has 3 aliphatic rings. The fourth-order valence-electron chi connectivity index (χ4n) is 4.48. The highest BCUT2D eigenvalue weighted by atomic mass is 16.5. The summed E-state index contributed by atoms with van der Waals surface area (Å²) in [5.41, 5.74) is 3.01. The number of hydrogen-bond donors (Lipinski definition) is 1. The SMILES string of the molecule is CCNC(c1ccc(C2CCC2)cc1)C1CC2CCC1O2. The lowest BCUT2D eigenvalue weighted by molar-refractivity contribution is 0.0858. The van der Waals surface area contributed by atoms with Crippen LogP contribution in [0.4, 0.5) is 0 Å². The molecule has 114 valence electrons. The number of benzene rings is 1. The highest BCUT2D eigenvalue weighted by Crippen LogP contribution is 2.45. The summed E-state index contributed by atoms with van der Waals surface area (Å²) >= 11 is 0. The highest BCUT2D eigenvalue weighted by Gasteiger charge is 2.44. The molecule has 0 aromatic heterocycles. The van der Waals surface area contributed by atoms with Gasteiger partial charge in [0.15, 0.2) is 0 Å². The molecule has 0 radical (unpaired) electrons. The average Bonchev–Trinajstić information content (AvgIpc) is 3.06. The van der Waals surface area contributed by atoms with Gasteiger partial charge in [-0.25, -0.2) is 0 Å². The van der Waals surface area contributed by atoms with Crippen molar-refractivity contribution >= 4 is 0 Å². The molecule has 2 heteroatoms. The molecule has 1 aromatic carbocycles. The van der Waals surface area contributed by atoms with Crippen LogP contribution in [0.1, 0.15) is 68.5 Å². The van der Waals surface area contributed by atoms with Gasteiger partial charge in [0.25, 0.3) is 0 Å². The summed E-state index contributed by atoms with van der Waals surface area (Å²) in [6, 6.07) is 9.95. The molecule has 1 aromatic rings. The van der Waals surface area contributed by atoms with E-state index in [1.165, 1.54) is 44.1 Å². The first-order chi connectivity index (χ1) is 10.3. The lowest BCUT2D eigenvalue weighted by Crippen LogP contribution is -2.33. The van der Waals surface area contributed by atoms with Crippen LogP contribution in [0, 0.1) is 5.92 Å². The first kappa shape index (κ1) is 13.8. The van der Waals surface area contributed by atoms with Crippen LogP contribution >= 0.6 is 0 Å². The van der Waals surface area contributed by atoms with Gasteiger partial charge in [-0.15, -0.1) is 0 Å². The van der Waals surface area contributed by atoms with Gasteiger partial charge in [-0.2, -0.15) is 0 Å². The van der Waals surface area contributed by atoms with Crippen LogP contribution in [0.2, 0.25) is 0 Å². The summed E-state index contributed by atoms with van der Waals surface area (Å²) in [5, 5.41) is 3.72. The molecule has 2 heterocycles. The maximum atomic E-state index is 6.08. The van der Waals surface area contributed by atoms with Gasteiger partial charge in [0, 0.05) is 12.0 Å². The second kappa shape index (κ2) is 5.73. The number of hydrogen-bond acceptors (Lipinski definition) is 2. The minimum absolute atomic E-state index is 0.473. The molecule has 2 saturated heterocycles. The molecule has 1 aliphatic carbocycles. The minimum Gasteiger partial charge on any atom is -0.375 e. The van der Waals surface area contributed by atoms with Crippen LogP contribution in [0.3, 0.4) is 0 Å². The summed E-state index contributed by atoms with van der Waals surface area (Å²) in [5.74, 6) is 1.50. The molecule has 1 saturated carbocycles. The van der Waals surface area contributed by atoms with Gasteiger partial charge in [-0.1, -0.05) is 37.6 Å². The Morgan fingerprint density at radius 2 is 1.95 bits per heavy atom. The topological polar surface area (TPSA) is 21.3 Å². The summed E-state index contributed by atoms with van der Waals surface area (Å²) in [4.78, 5) is 0. The van der Waals surface area contributed by atoms with Crippen molar-refractivity contribution in [3.63, 3.8) is 0 Å². The summed E-state index contributed by atoms with van der Waals surface area (Å²) < 4.78 is 6.08. The fraction of sp³-hybridized carbons (Fsp3) is 0.684. The standard InChI is InChI=1S/C19H27NO/c1-2-20-19(17-12-16-10-11-18(17)21-16)15-8-6-14(7-9-15)13-4-3-5-13/h6-9,13,16-20H,2-5,10-12H2,1H3. The second-order valence-corrected chi connectivity index (χ2v) is 7.10. The second-order valence-electron chi connectivity index (χ2n) is 7.10. The van der Waals surface area contributed by atoms with Crippen LogP contribution < -0.4 is 5.32 Å². The molecule has 4 atom stereocenters. The normalized spacial score (nSPS) is 33.1. The van der Waals surface area contributed by atoms with Gasteiger partial charge in [0.05, 0.1) is 12.2 Å². The van der Waals surface area contributed by atoms with Crippen LogP contribution in [0.15, 0.2) is 24.3 Å². The van der Waals surface area contributed by atoms with Crippen molar-refractivity contribution in [3.05, 3.63) is 35.4 Å². The molecule has 2 aliphatic heterocycles. The van der Waals surface area contributed by atoms with Gasteiger partial charge in [0.2, 0.25) is 0 Å². The Balaban J connectivity index is 1.52. The van der Waals surface area contributed by atoms with Crippen LogP contribution in [-0.4, -0.2) is 18.8 Å². The fourth-order valence-corrected chi connectivity index (χ4v) is 4.48. The number of ether oxygens (including phenoxy) is 1. The lowest BCUT2D eigenvalue weighted by atomic mass is 9.78. The van der Waals surface area contributed by atoms with E-state index in [0.29, 0.717) is 24.2 Å². The van der Waals surface area contributed by atoms with E-state index < -0.39 is 0 Å². The van der Waals surface area contributed by atoms with E-state index >= 15 is 0 Å². The zero-order valence-electron chi connectivity index (χ0n) is 13.1. The van der Waals surface area contributed by atoms with E-state index in [4.69, 9.17) is 4.74 Å². The largest absolute Gasteiger partial charge is 0.375 e. The Labute approximate surface area is 128 Å². The zero-order chi connectivity index (χ0) is 14.2. The van der Waals surface area contributed by atoms with Crippen molar-refractivity contribution < 1.29 is 4.74 Å². The first-order valence-electron chi connectivity index (χ1n) is 8.84. The molecule has 0 amide bonds. The third-order valence-electron chi connectivity index (χ3n) is 5.88. The Morgan fingerprint density at radius 3 is 2.48 bits per heavy atom. The van der Waals surface area contributed by atoms with Crippen molar-refractivity contribution in [2.24, 2.45) is 5.92 Å². The molecule has 1 N–H and O–H groups in total. The molecule has 3 fully saturated rings. The zero-order valence-corrected chi connectivity index (χ0v) is 13.1. The first-order valence-corrected chi connectivity index (χ1v) is 8.84. The van der Waals surface area contributed by atoms with E-state index in [1.807, 2.05) is 0 Å². The Hall–Kier alpha value is -0.860. The van der Waals surface area contributed by atoms with Crippen LogP contribution in [0.5, 0.6) is 0 Å². The van der Waals surface area contributed by atoms with Gasteiger partial charge in [0.1, 0.15) is 0 Å². The van der Waals surface area contributed by atoms with E-state index in [1.54, 1.807) is 5.56 Å². The van der Waals surface area contributed by atoms with Gasteiger partial charge >= 0.3 is 0 Å². The third-order valence-corrected chi connectivity index (χ3v) is 5.88. The van der Waals surface area contributed by atoms with Gasteiger partial charge in [-0.3, -0.25) is 0 Å². The Kier molecular flexibility index (Phi) is 3.76. The summed E-state index contributed by atoms with van der Waals surface area (Å²) in [7, 11) is 0. The molecule has 4 rings (SSSR count). The van der Waals surface area contributed by atoms with Crippen molar-refractivity contribution in [1.82, 2.24) is 5.32 Å². The maximum Gasteiger partial charge on any atom is 0.0627 e. The molecule has 21 heavy (non-hydrogen) atoms. The van der Waals surface area contributed by atoms with Crippen molar-refractivity contribution in [2.45, 2.75) is 69.6 Å². The predicted molar refractivity (Wildman–Crippen MR) is 85.5 cm³/mol. The smallest absolute Gasteiger partial charge is 0.0627 e. The highest BCUT2D eigenvalue weighted by molar-refractivity contribution is 5.29. The van der Waals surface area contributed by atoms with Gasteiger partial charge in [-0.05, 0) is 55.7 Å². The average molecular weight is 285 g/mol. The van der Waals surface area contributed by atoms with Crippen molar-refractivity contribution in [3.8, 4) is 0 Å². The lowest BCUT2D eigenvalue weighted by Gasteiger charge is -2.30. The van der Waals surface area contributed by atoms with Crippen LogP contribution in [-0.2, 0) is 4.74 Å². The number of nitrogens with one attached hydrogen (secondary N) is 1. The molecule has 0 spiro atoms. The maximum absolute atomic E-state index is 6.08. The van der Waals surface area contributed by atoms with E-state index in [9.17, 15) is 0 Å². The monoisotopic (exact) mass is 285 g/mol. The quantitative estimate of drug-likeness (QED) is 0.876. The number of rotatable bonds is 5. The minimum atomic E-state index is 0.473. The van der Waals surface area contributed by atoms with E-state index in [2.05, 4.69) is 36.5 Å². The molecule has 2 nitrogen and oxygen atoms in total. The summed E-state index contributed by atoms with van der Waals surface area (Å²) in [6.45, 7) is 3.24. The molecule has 4 unspecified atom stereocenters. The molecular formula is C19H27NO. The Bertz CT molecular complexity index is 479. The number of fused-ring (bicyclic) bond motifs is 2. The Morgan fingerprint density at radius 1 is 1.14 bits per heavy atom. The van der Waals surface area contributed by atoms with Crippen molar-refractivity contribution in [1.29, 1.82) is 0 Å². The van der Waals surface area contributed by atoms with E-state index in [-0.39, 0.29) is 0 Å². The molecule has 2 bridgehead atoms. The summed E-state index contributed by atoms with van der Waals surface area (Å²) in [6.07, 6.45) is 8.99. The van der Waals surface area contributed by atoms with Crippen molar-refractivity contribution in [2.75, 3.05) is 6.54 Å².